The maximum absolute atomic E-state index is 12.6. The average Bonchev–Trinajstić information content (AvgIpc) is 2.60. The molecule has 0 saturated carbocycles. The summed E-state index contributed by atoms with van der Waals surface area (Å²) in [6, 6.07) is 11.2. The third-order valence-corrected chi connectivity index (χ3v) is 3.60. The molecule has 2 aromatic rings. The fraction of sp³-hybridized carbons (Fsp3) is 0.158. The van der Waals surface area contributed by atoms with E-state index in [2.05, 4.69) is 5.32 Å². The molecule has 0 aliphatic heterocycles. The van der Waals surface area contributed by atoms with Gasteiger partial charge in [-0.1, -0.05) is 30.7 Å². The number of hydrogen-bond acceptors (Lipinski definition) is 3. The number of nitrogens with one attached hydrogen (secondary N) is 1. The highest BCUT2D eigenvalue weighted by atomic mass is 35.5. The lowest BCUT2D eigenvalue weighted by Gasteiger charge is -2.12. The van der Waals surface area contributed by atoms with E-state index in [1.165, 1.54) is 12.1 Å². The largest absolute Gasteiger partial charge is 0.489 e. The van der Waals surface area contributed by atoms with E-state index in [9.17, 15) is 9.59 Å². The normalized spacial score (nSPS) is 10.6. The first-order chi connectivity index (χ1) is 12.0. The van der Waals surface area contributed by atoms with Gasteiger partial charge in [0.2, 0.25) is 5.91 Å². The van der Waals surface area contributed by atoms with Crippen molar-refractivity contribution in [3.8, 4) is 5.75 Å². The molecule has 0 aliphatic rings. The van der Waals surface area contributed by atoms with Crippen LogP contribution in [0.5, 0.6) is 5.75 Å². The summed E-state index contributed by atoms with van der Waals surface area (Å²) in [4.78, 5) is 24.0. The number of nitrogens with two attached hydrogens (primary N) is 1. The lowest BCUT2D eigenvalue weighted by molar-refractivity contribution is 0.1000. The van der Waals surface area contributed by atoms with Crippen LogP contribution in [0.2, 0.25) is 5.02 Å². The predicted octanol–water partition coefficient (Wildman–Crippen LogP) is 4.04. The third-order valence-electron chi connectivity index (χ3n) is 3.35. The lowest BCUT2D eigenvalue weighted by Crippen LogP contribution is -2.17. The van der Waals surface area contributed by atoms with Gasteiger partial charge in [-0.3, -0.25) is 9.59 Å². The van der Waals surface area contributed by atoms with Crippen molar-refractivity contribution >= 4 is 29.1 Å². The van der Waals surface area contributed by atoms with Crippen LogP contribution in [0.4, 0.5) is 5.69 Å². The molecule has 3 N–H and O–H groups in total. The molecule has 0 radical (unpaired) electrons. The van der Waals surface area contributed by atoms with E-state index in [0.29, 0.717) is 23.1 Å². The van der Waals surface area contributed by atoms with Crippen LogP contribution in [0, 0.1) is 0 Å². The first-order valence-electron chi connectivity index (χ1n) is 7.80. The molecule has 0 aliphatic carbocycles. The van der Waals surface area contributed by atoms with Crippen LogP contribution in [-0.4, -0.2) is 18.4 Å². The molecule has 130 valence electrons. The molecule has 2 aromatic carbocycles. The van der Waals surface area contributed by atoms with E-state index in [4.69, 9.17) is 22.1 Å². The van der Waals surface area contributed by atoms with E-state index in [1.54, 1.807) is 30.3 Å². The minimum Gasteiger partial charge on any atom is -0.489 e. The van der Waals surface area contributed by atoms with Gasteiger partial charge in [0.1, 0.15) is 12.4 Å². The van der Waals surface area contributed by atoms with E-state index >= 15 is 0 Å². The van der Waals surface area contributed by atoms with Gasteiger partial charge in [-0.2, -0.15) is 0 Å². The Hall–Kier alpha value is -2.79. The second-order valence-electron chi connectivity index (χ2n) is 5.23. The number of carbonyl (C=O) groups is 2. The Morgan fingerprint density at radius 1 is 1.16 bits per heavy atom. The van der Waals surface area contributed by atoms with Crippen molar-refractivity contribution in [3.05, 3.63) is 70.8 Å². The second-order valence-corrected chi connectivity index (χ2v) is 5.66. The van der Waals surface area contributed by atoms with Crippen molar-refractivity contribution < 1.29 is 14.3 Å². The van der Waals surface area contributed by atoms with Gasteiger partial charge in [0, 0.05) is 16.3 Å². The molecule has 6 heteroatoms. The summed E-state index contributed by atoms with van der Waals surface area (Å²) in [7, 11) is 0. The fourth-order valence-electron chi connectivity index (χ4n) is 2.09. The summed E-state index contributed by atoms with van der Waals surface area (Å²) in [5, 5.41) is 3.32. The van der Waals surface area contributed by atoms with Crippen molar-refractivity contribution in [1.29, 1.82) is 0 Å². The summed E-state index contributed by atoms with van der Waals surface area (Å²) in [5.74, 6) is -0.643. The third kappa shape index (κ3) is 5.36. The Labute approximate surface area is 151 Å². The fourth-order valence-corrected chi connectivity index (χ4v) is 2.22. The van der Waals surface area contributed by atoms with E-state index in [1.807, 2.05) is 19.1 Å². The molecule has 0 fully saturated rings. The van der Waals surface area contributed by atoms with Crippen molar-refractivity contribution in [2.75, 3.05) is 11.9 Å². The van der Waals surface area contributed by atoms with Gasteiger partial charge in [0.15, 0.2) is 0 Å². The molecule has 2 amide bonds. The Kier molecular flexibility index (Phi) is 6.60. The molecule has 0 spiro atoms. The Bertz CT molecular complexity index is 786. The Morgan fingerprint density at radius 2 is 1.88 bits per heavy atom. The van der Waals surface area contributed by atoms with Gasteiger partial charge >= 0.3 is 0 Å². The molecule has 0 saturated heterocycles. The first-order valence-corrected chi connectivity index (χ1v) is 8.17. The Balaban J connectivity index is 2.25. The molecular weight excluding hydrogens is 340 g/mol. The SMILES string of the molecule is CCC=CCOc1ccc(C(N)=O)cc1C(=O)Nc1ccc(Cl)cc1. The van der Waals surface area contributed by atoms with E-state index in [0.717, 1.165) is 6.42 Å². The quantitative estimate of drug-likeness (QED) is 0.733. The summed E-state index contributed by atoms with van der Waals surface area (Å²) in [6.07, 6.45) is 4.72. The number of carbonyl (C=O) groups excluding carboxylic acids is 2. The monoisotopic (exact) mass is 358 g/mol. The number of allylic oxidation sites excluding steroid dienone is 1. The van der Waals surface area contributed by atoms with E-state index < -0.39 is 11.8 Å². The summed E-state index contributed by atoms with van der Waals surface area (Å²) in [5.41, 5.74) is 6.35. The zero-order valence-corrected chi connectivity index (χ0v) is 14.5. The van der Waals surface area contributed by atoms with Crippen LogP contribution in [0.25, 0.3) is 0 Å². The molecule has 5 nitrogen and oxygen atoms in total. The minimum absolute atomic E-state index is 0.233. The zero-order chi connectivity index (χ0) is 18.2. The standard InChI is InChI=1S/C19H19ClN2O3/c1-2-3-4-11-25-17-10-5-13(18(21)23)12-16(17)19(24)22-15-8-6-14(20)7-9-15/h3-10,12H,2,11H2,1H3,(H2,21,23)(H,22,24). The maximum atomic E-state index is 12.6. The van der Waals surface area contributed by atoms with Crippen LogP contribution in [0.15, 0.2) is 54.6 Å². The van der Waals surface area contributed by atoms with Gasteiger partial charge in [-0.05, 0) is 48.9 Å². The van der Waals surface area contributed by atoms with Gasteiger partial charge in [-0.25, -0.2) is 0 Å². The molecular formula is C19H19ClN2O3. The zero-order valence-electron chi connectivity index (χ0n) is 13.8. The second kappa shape index (κ2) is 8.89. The molecule has 25 heavy (non-hydrogen) atoms. The topological polar surface area (TPSA) is 81.4 Å². The van der Waals surface area contributed by atoms with Crippen molar-refractivity contribution in [1.82, 2.24) is 0 Å². The molecule has 0 unspecified atom stereocenters. The van der Waals surface area contributed by atoms with Crippen molar-refractivity contribution in [3.63, 3.8) is 0 Å². The van der Waals surface area contributed by atoms with Crippen molar-refractivity contribution in [2.24, 2.45) is 5.73 Å². The van der Waals surface area contributed by atoms with Gasteiger partial charge in [0.25, 0.3) is 5.91 Å². The number of primary amides is 1. The summed E-state index contributed by atoms with van der Waals surface area (Å²) in [6.45, 7) is 2.34. The number of benzene rings is 2. The number of rotatable bonds is 7. The highest BCUT2D eigenvalue weighted by Crippen LogP contribution is 2.22. The van der Waals surface area contributed by atoms with Crippen LogP contribution in [0.3, 0.4) is 0 Å². The maximum Gasteiger partial charge on any atom is 0.259 e. The van der Waals surface area contributed by atoms with Gasteiger partial charge in [-0.15, -0.1) is 0 Å². The molecule has 0 bridgehead atoms. The number of ether oxygens (including phenoxy) is 1. The van der Waals surface area contributed by atoms with Crippen LogP contribution < -0.4 is 15.8 Å². The molecule has 0 aromatic heterocycles. The number of anilines is 1. The summed E-state index contributed by atoms with van der Waals surface area (Å²) >= 11 is 5.84. The first kappa shape index (κ1) is 18.5. The predicted molar refractivity (Wildman–Crippen MR) is 99.3 cm³/mol. The molecule has 0 heterocycles. The minimum atomic E-state index is -0.613. The highest BCUT2D eigenvalue weighted by Gasteiger charge is 2.15. The summed E-state index contributed by atoms with van der Waals surface area (Å²) < 4.78 is 5.63. The Morgan fingerprint density at radius 3 is 2.52 bits per heavy atom. The average molecular weight is 359 g/mol. The molecule has 0 atom stereocenters. The van der Waals surface area contributed by atoms with Crippen molar-refractivity contribution in [2.45, 2.75) is 13.3 Å². The number of halogens is 1. The number of hydrogen-bond donors (Lipinski definition) is 2. The van der Waals surface area contributed by atoms with Crippen LogP contribution >= 0.6 is 11.6 Å². The number of amides is 2. The van der Waals surface area contributed by atoms with E-state index in [-0.39, 0.29) is 11.1 Å². The van der Waals surface area contributed by atoms with Gasteiger partial charge < -0.3 is 15.8 Å². The van der Waals surface area contributed by atoms with Crippen LogP contribution in [-0.2, 0) is 0 Å². The molecule has 2 rings (SSSR count). The highest BCUT2D eigenvalue weighted by molar-refractivity contribution is 6.30. The lowest BCUT2D eigenvalue weighted by atomic mass is 10.1. The smallest absolute Gasteiger partial charge is 0.259 e. The van der Waals surface area contributed by atoms with Gasteiger partial charge in [0.05, 0.1) is 5.56 Å². The van der Waals surface area contributed by atoms with Crippen LogP contribution in [0.1, 0.15) is 34.1 Å².